The molecule has 27 heavy (non-hydrogen) atoms. The maximum absolute atomic E-state index is 11.6. The van der Waals surface area contributed by atoms with Crippen LogP contribution >= 0.6 is 0 Å². The molecule has 0 radical (unpaired) electrons. The van der Waals surface area contributed by atoms with E-state index in [4.69, 9.17) is 4.98 Å². The number of rotatable bonds is 5. The first-order valence-electron chi connectivity index (χ1n) is 9.95. The Morgan fingerprint density at radius 3 is 2.70 bits per heavy atom. The van der Waals surface area contributed by atoms with Gasteiger partial charge in [0, 0.05) is 18.8 Å². The highest BCUT2D eigenvalue weighted by atomic mass is 16.1. The van der Waals surface area contributed by atoms with Gasteiger partial charge in [-0.05, 0) is 61.5 Å². The van der Waals surface area contributed by atoms with E-state index in [9.17, 15) is 4.79 Å². The number of aromatic amines is 1. The van der Waals surface area contributed by atoms with Gasteiger partial charge in [-0.1, -0.05) is 26.0 Å². The van der Waals surface area contributed by atoms with E-state index in [1.165, 1.54) is 16.9 Å². The van der Waals surface area contributed by atoms with Crippen LogP contribution in [0, 0.1) is 5.92 Å². The molecular formula is C22H28N4O. The molecule has 1 N–H and O–H groups in total. The average molecular weight is 364 g/mol. The first-order chi connectivity index (χ1) is 13.1. The maximum atomic E-state index is 11.6. The van der Waals surface area contributed by atoms with E-state index in [-0.39, 0.29) is 5.56 Å². The number of fused-ring (bicyclic) bond motifs is 1. The Morgan fingerprint density at radius 1 is 1.19 bits per heavy atom. The zero-order chi connectivity index (χ0) is 18.8. The van der Waals surface area contributed by atoms with Crippen molar-refractivity contribution >= 4 is 11.0 Å². The molecule has 1 fully saturated rings. The van der Waals surface area contributed by atoms with E-state index in [1.807, 2.05) is 6.07 Å². The molecule has 5 heteroatoms. The Morgan fingerprint density at radius 2 is 1.96 bits per heavy atom. The third-order valence-corrected chi connectivity index (χ3v) is 5.50. The van der Waals surface area contributed by atoms with Crippen LogP contribution in [0.2, 0.25) is 0 Å². The summed E-state index contributed by atoms with van der Waals surface area (Å²) in [6, 6.07) is 12.2. The molecule has 1 aliphatic rings. The largest absolute Gasteiger partial charge is 0.329 e. The first-order valence-corrected chi connectivity index (χ1v) is 9.95. The first kappa shape index (κ1) is 18.0. The van der Waals surface area contributed by atoms with Gasteiger partial charge < -0.3 is 9.55 Å². The number of likely N-dealkylation sites (tertiary alicyclic amines) is 1. The summed E-state index contributed by atoms with van der Waals surface area (Å²) in [7, 11) is 0. The second-order valence-corrected chi connectivity index (χ2v) is 8.06. The van der Waals surface area contributed by atoms with Crippen molar-refractivity contribution in [2.24, 2.45) is 5.92 Å². The molecule has 3 aromatic rings. The lowest BCUT2D eigenvalue weighted by Gasteiger charge is -2.32. The number of nitrogens with one attached hydrogen (secondary N) is 1. The highest BCUT2D eigenvalue weighted by Gasteiger charge is 2.22. The summed E-state index contributed by atoms with van der Waals surface area (Å²) in [4.78, 5) is 21.7. The molecule has 0 spiro atoms. The minimum Gasteiger partial charge on any atom is -0.329 e. The van der Waals surface area contributed by atoms with Gasteiger partial charge in [0.25, 0.3) is 0 Å². The highest BCUT2D eigenvalue weighted by molar-refractivity contribution is 5.75. The van der Waals surface area contributed by atoms with Crippen molar-refractivity contribution in [1.82, 2.24) is 19.4 Å². The van der Waals surface area contributed by atoms with Gasteiger partial charge in [0.05, 0.1) is 17.6 Å². The topological polar surface area (TPSA) is 53.9 Å². The molecule has 0 bridgehead atoms. The Kier molecular flexibility index (Phi) is 5.12. The minimum absolute atomic E-state index is 0.00247. The van der Waals surface area contributed by atoms with Crippen molar-refractivity contribution in [2.45, 2.75) is 45.7 Å². The standard InChI is InChI=1S/C22H28N4O/c1-16(2)14-26-20-6-4-3-5-19(20)24-21(26)15-25-11-8-17(9-12-25)18-7-10-23-22(27)13-18/h3-7,10,13,16-17H,8-9,11-12,14-15H2,1-2H3,(H,23,27). The van der Waals surface area contributed by atoms with Crippen LogP contribution in [0.3, 0.4) is 0 Å². The summed E-state index contributed by atoms with van der Waals surface area (Å²) in [6.07, 6.45) is 3.94. The van der Waals surface area contributed by atoms with Crippen molar-refractivity contribution in [3.63, 3.8) is 0 Å². The monoisotopic (exact) mass is 364 g/mol. The van der Waals surface area contributed by atoms with E-state index < -0.39 is 0 Å². The lowest BCUT2D eigenvalue weighted by atomic mass is 9.90. The van der Waals surface area contributed by atoms with Gasteiger partial charge in [0.2, 0.25) is 5.56 Å². The number of piperidine rings is 1. The number of para-hydroxylation sites is 2. The molecular weight excluding hydrogens is 336 g/mol. The van der Waals surface area contributed by atoms with Crippen LogP contribution in [0.5, 0.6) is 0 Å². The molecule has 0 aliphatic carbocycles. The van der Waals surface area contributed by atoms with Crippen LogP contribution in [0.4, 0.5) is 0 Å². The minimum atomic E-state index is -0.00247. The molecule has 0 saturated carbocycles. The fraction of sp³-hybridized carbons (Fsp3) is 0.455. The molecule has 1 saturated heterocycles. The molecule has 1 aliphatic heterocycles. The summed E-state index contributed by atoms with van der Waals surface area (Å²) in [5.41, 5.74) is 3.49. The summed E-state index contributed by atoms with van der Waals surface area (Å²) >= 11 is 0. The Labute approximate surface area is 160 Å². The molecule has 0 unspecified atom stereocenters. The second-order valence-electron chi connectivity index (χ2n) is 8.06. The number of nitrogens with zero attached hydrogens (tertiary/aromatic N) is 3. The van der Waals surface area contributed by atoms with E-state index in [0.29, 0.717) is 11.8 Å². The molecule has 3 heterocycles. The van der Waals surface area contributed by atoms with Gasteiger partial charge in [-0.2, -0.15) is 0 Å². The van der Waals surface area contributed by atoms with Crippen molar-refractivity contribution in [1.29, 1.82) is 0 Å². The van der Waals surface area contributed by atoms with Crippen LogP contribution in [-0.2, 0) is 13.1 Å². The number of benzene rings is 1. The van der Waals surface area contributed by atoms with Crippen molar-refractivity contribution in [2.75, 3.05) is 13.1 Å². The zero-order valence-corrected chi connectivity index (χ0v) is 16.2. The quantitative estimate of drug-likeness (QED) is 0.750. The second kappa shape index (κ2) is 7.69. The van der Waals surface area contributed by atoms with Crippen molar-refractivity contribution < 1.29 is 0 Å². The van der Waals surface area contributed by atoms with Gasteiger partial charge in [-0.15, -0.1) is 0 Å². The van der Waals surface area contributed by atoms with E-state index >= 15 is 0 Å². The Balaban J connectivity index is 1.48. The van der Waals surface area contributed by atoms with Gasteiger partial charge in [0.1, 0.15) is 5.82 Å². The predicted octanol–water partition coefficient (Wildman–Crippen LogP) is 3.76. The SMILES string of the molecule is CC(C)Cn1c(CN2CCC(c3cc[nH]c(=O)c3)CC2)nc2ccccc21. The number of pyridine rings is 1. The summed E-state index contributed by atoms with van der Waals surface area (Å²) < 4.78 is 2.39. The summed E-state index contributed by atoms with van der Waals surface area (Å²) in [6.45, 7) is 8.49. The molecule has 5 nitrogen and oxygen atoms in total. The number of hydrogen-bond donors (Lipinski definition) is 1. The normalized spacial score (nSPS) is 16.4. The van der Waals surface area contributed by atoms with E-state index in [2.05, 4.69) is 52.6 Å². The zero-order valence-electron chi connectivity index (χ0n) is 16.2. The van der Waals surface area contributed by atoms with E-state index in [1.54, 1.807) is 12.3 Å². The fourth-order valence-corrected chi connectivity index (χ4v) is 4.15. The highest BCUT2D eigenvalue weighted by Crippen LogP contribution is 2.28. The molecule has 0 amide bonds. The maximum Gasteiger partial charge on any atom is 0.248 e. The molecule has 1 aromatic carbocycles. The number of H-pyrrole nitrogens is 1. The third kappa shape index (κ3) is 3.98. The molecule has 0 atom stereocenters. The lowest BCUT2D eigenvalue weighted by molar-refractivity contribution is 0.197. The summed E-state index contributed by atoms with van der Waals surface area (Å²) in [5.74, 6) is 2.24. The van der Waals surface area contributed by atoms with Crippen LogP contribution in [-0.4, -0.2) is 32.5 Å². The van der Waals surface area contributed by atoms with Crippen LogP contribution in [0.15, 0.2) is 47.4 Å². The van der Waals surface area contributed by atoms with Crippen LogP contribution in [0.1, 0.15) is 44.0 Å². The Hall–Kier alpha value is -2.40. The van der Waals surface area contributed by atoms with Crippen LogP contribution in [0.25, 0.3) is 11.0 Å². The van der Waals surface area contributed by atoms with E-state index in [0.717, 1.165) is 44.5 Å². The van der Waals surface area contributed by atoms with Gasteiger partial charge in [-0.25, -0.2) is 4.98 Å². The molecule has 142 valence electrons. The third-order valence-electron chi connectivity index (χ3n) is 5.50. The number of imidazole rings is 1. The lowest BCUT2D eigenvalue weighted by Crippen LogP contribution is -2.33. The van der Waals surface area contributed by atoms with Gasteiger partial charge in [0.15, 0.2) is 0 Å². The smallest absolute Gasteiger partial charge is 0.248 e. The molecule has 2 aromatic heterocycles. The molecule has 4 rings (SSSR count). The van der Waals surface area contributed by atoms with Gasteiger partial charge >= 0.3 is 0 Å². The summed E-state index contributed by atoms with van der Waals surface area (Å²) in [5, 5.41) is 0. The van der Waals surface area contributed by atoms with Crippen molar-refractivity contribution in [3.05, 3.63) is 64.3 Å². The van der Waals surface area contributed by atoms with Crippen molar-refractivity contribution in [3.8, 4) is 0 Å². The van der Waals surface area contributed by atoms with Gasteiger partial charge in [-0.3, -0.25) is 9.69 Å². The fourth-order valence-electron chi connectivity index (χ4n) is 4.15. The Bertz CT molecular complexity index is 964. The predicted molar refractivity (Wildman–Crippen MR) is 109 cm³/mol. The number of hydrogen-bond acceptors (Lipinski definition) is 3. The number of aromatic nitrogens is 3. The van der Waals surface area contributed by atoms with Crippen LogP contribution < -0.4 is 5.56 Å². The average Bonchev–Trinajstić information content (AvgIpc) is 2.99.